The van der Waals surface area contributed by atoms with Gasteiger partial charge in [0, 0.05) is 12.1 Å². The number of nitrogens with zero attached hydrogens (tertiary/aromatic N) is 2. The number of carbonyl (C=O) groups is 1. The molecule has 3 aromatic rings. The molecule has 0 fully saturated rings. The van der Waals surface area contributed by atoms with Crippen molar-refractivity contribution in [3.8, 4) is 5.75 Å². The third-order valence-electron chi connectivity index (χ3n) is 3.29. The van der Waals surface area contributed by atoms with Gasteiger partial charge >= 0.3 is 5.97 Å². The first-order chi connectivity index (χ1) is 13.0. The van der Waals surface area contributed by atoms with E-state index in [1.807, 2.05) is 5.38 Å². The summed E-state index contributed by atoms with van der Waals surface area (Å²) in [4.78, 5) is 27.5. The monoisotopic (exact) mass is 387 g/mol. The normalized spacial score (nSPS) is 11.2. The Morgan fingerprint density at radius 1 is 1.22 bits per heavy atom. The molecule has 0 aliphatic heterocycles. The molecule has 2 aromatic heterocycles. The number of amidine groups is 1. The van der Waals surface area contributed by atoms with Crippen LogP contribution in [0.4, 0.5) is 5.69 Å². The van der Waals surface area contributed by atoms with Crippen LogP contribution < -0.4 is 10.5 Å². The van der Waals surface area contributed by atoms with E-state index in [0.717, 1.165) is 0 Å². The number of oxime groups is 1. The molecule has 0 radical (unpaired) electrons. The number of hydrogen-bond donors (Lipinski definition) is 1. The lowest BCUT2D eigenvalue weighted by Crippen LogP contribution is -2.13. The lowest BCUT2D eigenvalue weighted by Gasteiger charge is -2.03. The SMILES string of the molecule is N/C(=N\OC(=O)c1ccc(COc2ccc([N+](=O)[O-])cc2)o1)c1cccs1. The number of carbonyl (C=O) groups excluding carboxylic acids is 1. The predicted molar refractivity (Wildman–Crippen MR) is 96.6 cm³/mol. The van der Waals surface area contributed by atoms with E-state index >= 15 is 0 Å². The number of thiophene rings is 1. The highest BCUT2D eigenvalue weighted by atomic mass is 32.1. The molecule has 10 heteroatoms. The number of furan rings is 1. The van der Waals surface area contributed by atoms with Gasteiger partial charge in [0.05, 0.1) is 9.80 Å². The molecule has 3 rings (SSSR count). The molecule has 138 valence electrons. The summed E-state index contributed by atoms with van der Waals surface area (Å²) in [7, 11) is 0. The van der Waals surface area contributed by atoms with Crippen LogP contribution in [0.1, 0.15) is 21.2 Å². The van der Waals surface area contributed by atoms with Crippen molar-refractivity contribution in [2.75, 3.05) is 0 Å². The smallest absolute Gasteiger partial charge is 0.400 e. The van der Waals surface area contributed by atoms with Gasteiger partial charge in [-0.1, -0.05) is 11.2 Å². The summed E-state index contributed by atoms with van der Waals surface area (Å²) in [6.07, 6.45) is 0. The van der Waals surface area contributed by atoms with Gasteiger partial charge in [-0.2, -0.15) is 0 Å². The Bertz CT molecular complexity index is 963. The highest BCUT2D eigenvalue weighted by Crippen LogP contribution is 2.19. The van der Waals surface area contributed by atoms with Crippen LogP contribution in [0.15, 0.2) is 63.5 Å². The van der Waals surface area contributed by atoms with Gasteiger partial charge in [-0.05, 0) is 35.7 Å². The number of nitrogens with two attached hydrogens (primary N) is 1. The van der Waals surface area contributed by atoms with Crippen molar-refractivity contribution in [3.05, 3.63) is 80.4 Å². The van der Waals surface area contributed by atoms with E-state index in [9.17, 15) is 14.9 Å². The zero-order chi connectivity index (χ0) is 19.2. The highest BCUT2D eigenvalue weighted by molar-refractivity contribution is 7.12. The largest absolute Gasteiger partial charge is 0.486 e. The van der Waals surface area contributed by atoms with Crippen LogP contribution >= 0.6 is 11.3 Å². The summed E-state index contributed by atoms with van der Waals surface area (Å²) < 4.78 is 10.8. The molecule has 27 heavy (non-hydrogen) atoms. The molecular formula is C17H13N3O6S. The predicted octanol–water partition coefficient (Wildman–Crippen LogP) is 3.31. The van der Waals surface area contributed by atoms with Crippen LogP contribution in [-0.2, 0) is 11.4 Å². The molecule has 0 aliphatic rings. The van der Waals surface area contributed by atoms with Crippen molar-refractivity contribution in [1.29, 1.82) is 0 Å². The fourth-order valence-corrected chi connectivity index (χ4v) is 2.61. The van der Waals surface area contributed by atoms with Crippen molar-refractivity contribution in [3.63, 3.8) is 0 Å². The van der Waals surface area contributed by atoms with Crippen LogP contribution in [0, 0.1) is 10.1 Å². The molecule has 0 spiro atoms. The third-order valence-corrected chi connectivity index (χ3v) is 4.18. The number of hydrogen-bond acceptors (Lipinski definition) is 8. The first kappa shape index (κ1) is 18.1. The number of ether oxygens (including phenoxy) is 1. The average molecular weight is 387 g/mol. The maximum atomic E-state index is 11.9. The van der Waals surface area contributed by atoms with Crippen molar-refractivity contribution in [1.82, 2.24) is 0 Å². The molecule has 0 unspecified atom stereocenters. The Hall–Kier alpha value is -3.66. The van der Waals surface area contributed by atoms with E-state index in [1.54, 1.807) is 18.2 Å². The third kappa shape index (κ3) is 4.70. The summed E-state index contributed by atoms with van der Waals surface area (Å²) in [6.45, 7) is 0.0334. The van der Waals surface area contributed by atoms with E-state index in [1.165, 1.54) is 41.7 Å². The lowest BCUT2D eigenvalue weighted by atomic mass is 10.3. The maximum absolute atomic E-state index is 11.9. The van der Waals surface area contributed by atoms with Gasteiger partial charge in [-0.15, -0.1) is 11.3 Å². The standard InChI is InChI=1S/C17H13N3O6S/c18-16(15-2-1-9-27-15)19-26-17(21)14-8-7-13(25-14)10-24-12-5-3-11(4-6-12)20(22)23/h1-9H,10H2,(H2,18,19). The number of nitro benzene ring substituents is 1. The summed E-state index contributed by atoms with van der Waals surface area (Å²) >= 11 is 1.37. The Labute approximate surface area is 156 Å². The number of benzene rings is 1. The second-order valence-corrected chi connectivity index (χ2v) is 6.09. The van der Waals surface area contributed by atoms with Gasteiger partial charge in [-0.3, -0.25) is 10.1 Å². The number of nitro groups is 1. The zero-order valence-electron chi connectivity index (χ0n) is 13.7. The van der Waals surface area contributed by atoms with E-state index in [-0.39, 0.29) is 23.9 Å². The Morgan fingerprint density at radius 2 is 2.00 bits per heavy atom. The summed E-state index contributed by atoms with van der Waals surface area (Å²) in [5.41, 5.74) is 5.67. The van der Waals surface area contributed by atoms with Crippen LogP contribution in [0.3, 0.4) is 0 Å². The molecule has 1 aromatic carbocycles. The number of non-ortho nitro benzene ring substituents is 1. The van der Waals surface area contributed by atoms with E-state index < -0.39 is 10.9 Å². The Balaban J connectivity index is 1.55. The van der Waals surface area contributed by atoms with Gasteiger partial charge in [0.1, 0.15) is 18.1 Å². The van der Waals surface area contributed by atoms with Crippen molar-refractivity contribution >= 4 is 28.8 Å². The lowest BCUT2D eigenvalue weighted by molar-refractivity contribution is -0.384. The van der Waals surface area contributed by atoms with E-state index in [4.69, 9.17) is 19.7 Å². The van der Waals surface area contributed by atoms with Gasteiger partial charge in [0.25, 0.3) is 5.69 Å². The summed E-state index contributed by atoms with van der Waals surface area (Å²) in [5, 5.41) is 16.0. The van der Waals surface area contributed by atoms with Gasteiger partial charge in [-0.25, -0.2) is 4.79 Å². The summed E-state index contributed by atoms with van der Waals surface area (Å²) in [6, 6.07) is 12.1. The second-order valence-electron chi connectivity index (χ2n) is 5.14. The van der Waals surface area contributed by atoms with Gasteiger partial charge < -0.3 is 19.7 Å². The molecule has 0 bridgehead atoms. The van der Waals surface area contributed by atoms with Crippen LogP contribution in [0.2, 0.25) is 0 Å². The van der Waals surface area contributed by atoms with Gasteiger partial charge in [0.15, 0.2) is 5.84 Å². The minimum atomic E-state index is -0.795. The first-order valence-corrected chi connectivity index (χ1v) is 8.45. The molecule has 0 aliphatic carbocycles. The second kappa shape index (κ2) is 8.15. The fourth-order valence-electron chi connectivity index (χ4n) is 1.99. The van der Waals surface area contributed by atoms with E-state index in [2.05, 4.69) is 5.16 Å². The van der Waals surface area contributed by atoms with Crippen LogP contribution in [0.25, 0.3) is 0 Å². The van der Waals surface area contributed by atoms with Gasteiger partial charge in [0.2, 0.25) is 5.76 Å². The molecule has 9 nitrogen and oxygen atoms in total. The average Bonchev–Trinajstić information content (AvgIpc) is 3.36. The van der Waals surface area contributed by atoms with Crippen LogP contribution in [-0.4, -0.2) is 16.7 Å². The zero-order valence-corrected chi connectivity index (χ0v) is 14.5. The molecule has 0 saturated carbocycles. The minimum absolute atomic E-state index is 0.0334. The quantitative estimate of drug-likeness (QED) is 0.216. The molecular weight excluding hydrogens is 374 g/mol. The molecule has 2 heterocycles. The fraction of sp³-hybridized carbons (Fsp3) is 0.0588. The molecule has 0 amide bonds. The van der Waals surface area contributed by atoms with Crippen molar-refractivity contribution in [2.45, 2.75) is 6.61 Å². The van der Waals surface area contributed by atoms with E-state index in [0.29, 0.717) is 16.4 Å². The Morgan fingerprint density at radius 3 is 2.67 bits per heavy atom. The summed E-state index contributed by atoms with van der Waals surface area (Å²) in [5.74, 6) is 0.0349. The maximum Gasteiger partial charge on any atom is 0.400 e. The van der Waals surface area contributed by atoms with Crippen LogP contribution in [0.5, 0.6) is 5.75 Å². The van der Waals surface area contributed by atoms with Crippen molar-refractivity contribution in [2.24, 2.45) is 10.9 Å². The van der Waals surface area contributed by atoms with Crippen molar-refractivity contribution < 1.29 is 23.7 Å². The first-order valence-electron chi connectivity index (χ1n) is 7.57. The minimum Gasteiger partial charge on any atom is -0.486 e. The number of rotatable bonds is 7. The molecule has 0 saturated heterocycles. The topological polar surface area (TPSA) is 130 Å². The Kier molecular flexibility index (Phi) is 5.47. The molecule has 2 N–H and O–H groups in total. The molecule has 0 atom stereocenters. The highest BCUT2D eigenvalue weighted by Gasteiger charge is 2.14.